The highest BCUT2D eigenvalue weighted by Crippen LogP contribution is 2.23. The number of allylic oxidation sites excluding steroid dienone is 1. The number of nitrogens with one attached hydrogen (secondary N) is 1. The SMILES string of the molecule is C=C(C)CCCNCc1ccc(Oc2cnc(C(N)=O)cn2)c(F)c1. The third kappa shape index (κ3) is 5.96. The lowest BCUT2D eigenvalue weighted by molar-refractivity contribution is 0.0995. The number of rotatable bonds is 9. The summed E-state index contributed by atoms with van der Waals surface area (Å²) >= 11 is 0. The molecule has 0 saturated carbocycles. The highest BCUT2D eigenvalue weighted by atomic mass is 19.1. The van der Waals surface area contributed by atoms with Gasteiger partial charge in [-0.25, -0.2) is 14.4 Å². The molecule has 0 aliphatic carbocycles. The Labute approximate surface area is 145 Å². The van der Waals surface area contributed by atoms with Crippen molar-refractivity contribution < 1.29 is 13.9 Å². The zero-order valence-corrected chi connectivity index (χ0v) is 14.1. The van der Waals surface area contributed by atoms with E-state index in [-0.39, 0.29) is 17.3 Å². The minimum Gasteiger partial charge on any atom is -0.434 e. The quantitative estimate of drug-likeness (QED) is 0.539. The largest absolute Gasteiger partial charge is 0.434 e. The predicted octanol–water partition coefficient (Wildman–Crippen LogP) is 2.95. The van der Waals surface area contributed by atoms with Crippen molar-refractivity contribution >= 4 is 5.91 Å². The van der Waals surface area contributed by atoms with Gasteiger partial charge in [-0.05, 0) is 44.0 Å². The van der Waals surface area contributed by atoms with Crippen LogP contribution in [0.4, 0.5) is 4.39 Å². The average Bonchev–Trinajstić information content (AvgIpc) is 2.57. The number of halogens is 1. The number of ether oxygens (including phenoxy) is 1. The van der Waals surface area contributed by atoms with Crippen molar-refractivity contribution in [2.24, 2.45) is 5.73 Å². The minimum absolute atomic E-state index is 0.0147. The van der Waals surface area contributed by atoms with Gasteiger partial charge in [-0.1, -0.05) is 11.6 Å². The molecule has 0 bridgehead atoms. The summed E-state index contributed by atoms with van der Waals surface area (Å²) in [5.74, 6) is -1.07. The third-order valence-corrected chi connectivity index (χ3v) is 3.38. The maximum atomic E-state index is 14.1. The monoisotopic (exact) mass is 344 g/mol. The summed E-state index contributed by atoms with van der Waals surface area (Å²) in [5, 5.41) is 3.26. The van der Waals surface area contributed by atoms with Gasteiger partial charge in [0.1, 0.15) is 5.69 Å². The molecule has 6 nitrogen and oxygen atoms in total. The smallest absolute Gasteiger partial charge is 0.268 e. The van der Waals surface area contributed by atoms with Gasteiger partial charge in [-0.2, -0.15) is 0 Å². The fraction of sp³-hybridized carbons (Fsp3) is 0.278. The zero-order chi connectivity index (χ0) is 18.2. The number of hydrogen-bond donors (Lipinski definition) is 2. The third-order valence-electron chi connectivity index (χ3n) is 3.38. The molecule has 1 aromatic heterocycles. The van der Waals surface area contributed by atoms with Gasteiger partial charge in [0.05, 0.1) is 12.4 Å². The van der Waals surface area contributed by atoms with Crippen molar-refractivity contribution in [1.29, 1.82) is 0 Å². The first-order chi connectivity index (χ1) is 12.0. The van der Waals surface area contributed by atoms with Gasteiger partial charge >= 0.3 is 0 Å². The molecule has 0 spiro atoms. The lowest BCUT2D eigenvalue weighted by Gasteiger charge is -2.09. The number of nitrogens with two attached hydrogens (primary N) is 1. The van der Waals surface area contributed by atoms with Gasteiger partial charge < -0.3 is 15.8 Å². The van der Waals surface area contributed by atoms with Gasteiger partial charge in [0.2, 0.25) is 5.88 Å². The summed E-state index contributed by atoms with van der Waals surface area (Å²) in [4.78, 5) is 18.6. The van der Waals surface area contributed by atoms with Crippen molar-refractivity contribution in [3.63, 3.8) is 0 Å². The molecule has 7 heteroatoms. The number of nitrogens with zero attached hydrogens (tertiary/aromatic N) is 2. The molecule has 0 atom stereocenters. The van der Waals surface area contributed by atoms with E-state index in [4.69, 9.17) is 10.5 Å². The zero-order valence-electron chi connectivity index (χ0n) is 14.1. The minimum atomic E-state index is -0.690. The number of benzene rings is 1. The Morgan fingerprint density at radius 3 is 2.76 bits per heavy atom. The summed E-state index contributed by atoms with van der Waals surface area (Å²) < 4.78 is 19.5. The second-order valence-corrected chi connectivity index (χ2v) is 5.71. The van der Waals surface area contributed by atoms with Crippen molar-refractivity contribution in [3.8, 4) is 11.6 Å². The fourth-order valence-electron chi connectivity index (χ4n) is 2.09. The molecule has 1 heterocycles. The Bertz CT molecular complexity index is 747. The van der Waals surface area contributed by atoms with Crippen LogP contribution in [0.3, 0.4) is 0 Å². The lowest BCUT2D eigenvalue weighted by Crippen LogP contribution is -2.14. The molecular weight excluding hydrogens is 323 g/mol. The molecular formula is C18H21FN4O2. The van der Waals surface area contributed by atoms with Crippen LogP contribution in [-0.4, -0.2) is 22.4 Å². The Morgan fingerprint density at radius 2 is 2.16 bits per heavy atom. The van der Waals surface area contributed by atoms with E-state index in [0.29, 0.717) is 6.54 Å². The Hall–Kier alpha value is -2.80. The van der Waals surface area contributed by atoms with Gasteiger partial charge in [0, 0.05) is 6.54 Å². The Kier molecular flexibility index (Phi) is 6.59. The van der Waals surface area contributed by atoms with Crippen molar-refractivity contribution in [3.05, 3.63) is 59.8 Å². The molecule has 0 aliphatic rings. The van der Waals surface area contributed by atoms with Gasteiger partial charge in [0.15, 0.2) is 11.6 Å². The molecule has 2 rings (SSSR count). The van der Waals surface area contributed by atoms with Gasteiger partial charge in [0.25, 0.3) is 5.91 Å². The van der Waals surface area contributed by atoms with Gasteiger partial charge in [-0.3, -0.25) is 4.79 Å². The van der Waals surface area contributed by atoms with Gasteiger partial charge in [-0.15, -0.1) is 6.58 Å². The predicted molar refractivity (Wildman–Crippen MR) is 92.8 cm³/mol. The van der Waals surface area contributed by atoms with Crippen molar-refractivity contribution in [2.45, 2.75) is 26.3 Å². The van der Waals surface area contributed by atoms with Crippen LogP contribution in [0.1, 0.15) is 35.8 Å². The van der Waals surface area contributed by atoms with E-state index >= 15 is 0 Å². The molecule has 0 saturated heterocycles. The van der Waals surface area contributed by atoms with Crippen LogP contribution in [0.2, 0.25) is 0 Å². The standard InChI is InChI=1S/C18H21FN4O2/c1-12(2)4-3-7-21-9-13-5-6-16(14(19)8-13)25-17-11-22-15(10-23-17)18(20)24/h5-6,8,10-11,21H,1,3-4,7,9H2,2H3,(H2,20,24). The van der Waals surface area contributed by atoms with E-state index in [2.05, 4.69) is 21.9 Å². The lowest BCUT2D eigenvalue weighted by atomic mass is 10.2. The Morgan fingerprint density at radius 1 is 1.36 bits per heavy atom. The number of carbonyl (C=O) groups excluding carboxylic acids is 1. The second kappa shape index (κ2) is 8.89. The van der Waals surface area contributed by atoms with E-state index in [1.807, 2.05) is 6.92 Å². The molecule has 0 fully saturated rings. The van der Waals surface area contributed by atoms with E-state index in [1.54, 1.807) is 6.07 Å². The Balaban J connectivity index is 1.90. The van der Waals surface area contributed by atoms with Crippen LogP contribution in [-0.2, 0) is 6.54 Å². The second-order valence-electron chi connectivity index (χ2n) is 5.71. The molecule has 0 aliphatic heterocycles. The number of amides is 1. The molecule has 25 heavy (non-hydrogen) atoms. The highest BCUT2D eigenvalue weighted by molar-refractivity contribution is 5.90. The first-order valence-corrected chi connectivity index (χ1v) is 7.89. The van der Waals surface area contributed by atoms with Crippen LogP contribution < -0.4 is 15.8 Å². The molecule has 132 valence electrons. The van der Waals surface area contributed by atoms with Crippen LogP contribution >= 0.6 is 0 Å². The molecule has 3 N–H and O–H groups in total. The van der Waals surface area contributed by atoms with E-state index in [9.17, 15) is 9.18 Å². The van der Waals surface area contributed by atoms with Crippen LogP contribution in [0.15, 0.2) is 42.7 Å². The highest BCUT2D eigenvalue weighted by Gasteiger charge is 2.09. The van der Waals surface area contributed by atoms with E-state index in [1.165, 1.54) is 24.5 Å². The molecule has 1 amide bonds. The van der Waals surface area contributed by atoms with E-state index in [0.717, 1.165) is 30.5 Å². The fourth-order valence-corrected chi connectivity index (χ4v) is 2.09. The maximum absolute atomic E-state index is 14.1. The summed E-state index contributed by atoms with van der Waals surface area (Å²) in [6.45, 7) is 7.27. The number of carbonyl (C=O) groups is 1. The maximum Gasteiger partial charge on any atom is 0.268 e. The molecule has 0 unspecified atom stereocenters. The number of aromatic nitrogens is 2. The number of hydrogen-bond acceptors (Lipinski definition) is 5. The topological polar surface area (TPSA) is 90.1 Å². The molecule has 1 aromatic carbocycles. The average molecular weight is 344 g/mol. The first kappa shape index (κ1) is 18.5. The van der Waals surface area contributed by atoms with Crippen LogP contribution in [0.5, 0.6) is 11.6 Å². The molecule has 0 radical (unpaired) electrons. The number of primary amides is 1. The van der Waals surface area contributed by atoms with Crippen LogP contribution in [0.25, 0.3) is 0 Å². The van der Waals surface area contributed by atoms with Crippen molar-refractivity contribution in [2.75, 3.05) is 6.54 Å². The normalized spacial score (nSPS) is 10.5. The summed E-state index contributed by atoms with van der Waals surface area (Å²) in [6, 6.07) is 4.71. The molecule has 2 aromatic rings. The first-order valence-electron chi connectivity index (χ1n) is 7.89. The summed E-state index contributed by atoms with van der Waals surface area (Å²) in [5.41, 5.74) is 7.06. The summed E-state index contributed by atoms with van der Waals surface area (Å²) in [6.07, 6.45) is 4.37. The van der Waals surface area contributed by atoms with Crippen molar-refractivity contribution in [1.82, 2.24) is 15.3 Å². The van der Waals surface area contributed by atoms with E-state index < -0.39 is 11.7 Å². The summed E-state index contributed by atoms with van der Waals surface area (Å²) in [7, 11) is 0. The van der Waals surface area contributed by atoms with Crippen LogP contribution in [0, 0.1) is 5.82 Å².